The fourth-order valence-corrected chi connectivity index (χ4v) is 6.25. The van der Waals surface area contributed by atoms with Gasteiger partial charge in [-0.15, -0.1) is 0 Å². The van der Waals surface area contributed by atoms with E-state index in [0.29, 0.717) is 47.1 Å². The van der Waals surface area contributed by atoms with Crippen LogP contribution in [0, 0.1) is 5.82 Å². The lowest BCUT2D eigenvalue weighted by atomic mass is 9.81. The summed E-state index contributed by atoms with van der Waals surface area (Å²) in [5.41, 5.74) is 5.20. The highest BCUT2D eigenvalue weighted by molar-refractivity contribution is 6.33. The predicted octanol–water partition coefficient (Wildman–Crippen LogP) is 4.96. The molecule has 3 aliphatic heterocycles. The van der Waals surface area contributed by atoms with Crippen LogP contribution in [0.1, 0.15) is 41.5 Å². The van der Waals surface area contributed by atoms with Crippen LogP contribution in [0.2, 0.25) is 5.02 Å². The van der Waals surface area contributed by atoms with E-state index in [4.69, 9.17) is 21.3 Å². The molecule has 3 aromatic rings. The molecule has 0 radical (unpaired) electrons. The molecular formula is C27H27ClFN5O3. The molecule has 6 rings (SSSR count). The maximum absolute atomic E-state index is 14.2. The van der Waals surface area contributed by atoms with Crippen molar-refractivity contribution in [2.45, 2.75) is 37.8 Å². The van der Waals surface area contributed by atoms with Crippen molar-refractivity contribution < 1.29 is 19.0 Å². The van der Waals surface area contributed by atoms with Gasteiger partial charge in [0.2, 0.25) is 5.95 Å². The Balaban J connectivity index is 1.35. The minimum atomic E-state index is -0.955. The molecule has 10 heteroatoms. The summed E-state index contributed by atoms with van der Waals surface area (Å²) in [6.45, 7) is 5.28. The summed E-state index contributed by atoms with van der Waals surface area (Å²) >= 11 is 6.55. The molecule has 0 bridgehead atoms. The van der Waals surface area contributed by atoms with E-state index in [9.17, 15) is 14.3 Å². The zero-order valence-electron chi connectivity index (χ0n) is 20.6. The molecule has 2 unspecified atom stereocenters. The Bertz CT molecular complexity index is 1420. The third kappa shape index (κ3) is 4.31. The van der Waals surface area contributed by atoms with Gasteiger partial charge >= 0.3 is 5.97 Å². The number of carboxylic acid groups (broad SMARTS) is 1. The second-order valence-corrected chi connectivity index (χ2v) is 10.9. The minimum Gasteiger partial charge on any atom is -0.481 e. The Kier molecular flexibility index (Phi) is 5.82. The highest BCUT2D eigenvalue weighted by Crippen LogP contribution is 2.47. The molecule has 0 saturated carbocycles. The van der Waals surface area contributed by atoms with Crippen LogP contribution >= 0.6 is 11.6 Å². The van der Waals surface area contributed by atoms with E-state index in [1.165, 1.54) is 35.0 Å². The summed E-state index contributed by atoms with van der Waals surface area (Å²) < 4.78 is 20.0. The van der Waals surface area contributed by atoms with E-state index in [0.717, 1.165) is 25.4 Å². The summed E-state index contributed by atoms with van der Waals surface area (Å²) in [5.74, 6) is -0.196. The number of aliphatic carboxylic acids is 1. The topological polar surface area (TPSA) is 90.8 Å². The molecule has 2 aromatic carbocycles. The van der Waals surface area contributed by atoms with Gasteiger partial charge in [-0.2, -0.15) is 4.98 Å². The van der Waals surface area contributed by atoms with Gasteiger partial charge in [0.1, 0.15) is 10.8 Å². The van der Waals surface area contributed by atoms with Crippen LogP contribution in [-0.2, 0) is 28.1 Å². The molecule has 37 heavy (non-hydrogen) atoms. The smallest absolute Gasteiger partial charge is 0.304 e. The first-order chi connectivity index (χ1) is 17.7. The lowest BCUT2D eigenvalue weighted by Gasteiger charge is -2.37. The minimum absolute atomic E-state index is 0.150. The van der Waals surface area contributed by atoms with Crippen LogP contribution in [0.25, 0.3) is 0 Å². The van der Waals surface area contributed by atoms with Crippen molar-refractivity contribution in [2.75, 3.05) is 37.0 Å². The Labute approximate surface area is 219 Å². The molecule has 0 fully saturated rings. The number of likely N-dealkylation sites (N-methyl/N-ethyl adjacent to an activating group) is 1. The molecule has 2 atom stereocenters. The van der Waals surface area contributed by atoms with Crippen molar-refractivity contribution in [3.05, 3.63) is 69.6 Å². The summed E-state index contributed by atoms with van der Waals surface area (Å²) in [5, 5.41) is 13.2. The van der Waals surface area contributed by atoms with Crippen molar-refractivity contribution in [1.82, 2.24) is 14.9 Å². The number of benzene rings is 2. The van der Waals surface area contributed by atoms with Crippen molar-refractivity contribution >= 4 is 40.7 Å². The highest BCUT2D eigenvalue weighted by Gasteiger charge is 2.42. The first-order valence-corrected chi connectivity index (χ1v) is 12.6. The van der Waals surface area contributed by atoms with Gasteiger partial charge in [-0.05, 0) is 59.6 Å². The monoisotopic (exact) mass is 523 g/mol. The lowest BCUT2D eigenvalue weighted by molar-refractivity contribution is -0.138. The Morgan fingerprint density at radius 1 is 1.32 bits per heavy atom. The zero-order chi connectivity index (χ0) is 25.9. The Morgan fingerprint density at radius 2 is 2.14 bits per heavy atom. The van der Waals surface area contributed by atoms with Gasteiger partial charge in [0, 0.05) is 42.3 Å². The van der Waals surface area contributed by atoms with Crippen LogP contribution in [-0.4, -0.2) is 52.7 Å². The Morgan fingerprint density at radius 3 is 2.95 bits per heavy atom. The second-order valence-electron chi connectivity index (χ2n) is 10.5. The molecule has 0 aliphatic carbocycles. The number of fused-ring (bicyclic) bond motifs is 1. The number of rotatable bonds is 5. The molecule has 0 spiro atoms. The average Bonchev–Trinajstić information content (AvgIpc) is 3.11. The van der Waals surface area contributed by atoms with Crippen LogP contribution in [0.3, 0.4) is 0 Å². The van der Waals surface area contributed by atoms with Crippen molar-refractivity contribution in [1.29, 1.82) is 0 Å². The second kappa shape index (κ2) is 8.93. The van der Waals surface area contributed by atoms with Crippen LogP contribution in [0.5, 0.6) is 0 Å². The standard InChI is InChI=1S/C27H27ClFN5O3/c1-27(8-23(35)36)14-34(22-4-3-18(29)7-20(22)27)25-21(28)9-30-26(32-25)31-19-5-15-10-33(2)11-17-13-37-12-16(6-19)24(15)17/h3-7,9,17H,8,10-14H2,1-2H3,(H,35,36)(H,30,31,32). The van der Waals surface area contributed by atoms with Crippen molar-refractivity contribution in [2.24, 2.45) is 0 Å². The van der Waals surface area contributed by atoms with Crippen molar-refractivity contribution in [3.8, 4) is 0 Å². The Hall–Kier alpha value is -3.27. The number of carbonyl (C=O) groups is 1. The fraction of sp³-hybridized carbons (Fsp3) is 0.370. The molecular weight excluding hydrogens is 497 g/mol. The molecule has 8 nitrogen and oxygen atoms in total. The first-order valence-electron chi connectivity index (χ1n) is 12.2. The number of anilines is 4. The number of carboxylic acids is 1. The molecule has 1 aromatic heterocycles. The molecule has 3 aliphatic rings. The van der Waals surface area contributed by atoms with Gasteiger partial charge in [-0.25, -0.2) is 9.37 Å². The number of nitrogens with one attached hydrogen (secondary N) is 1. The fourth-order valence-electron chi connectivity index (χ4n) is 6.05. The normalized spacial score (nSPS) is 22.5. The number of ether oxygens (including phenoxy) is 1. The number of halogens is 2. The van der Waals surface area contributed by atoms with E-state index >= 15 is 0 Å². The van der Waals surface area contributed by atoms with Crippen LogP contribution in [0.15, 0.2) is 36.5 Å². The van der Waals surface area contributed by atoms with E-state index in [-0.39, 0.29) is 6.42 Å². The molecule has 4 heterocycles. The summed E-state index contributed by atoms with van der Waals surface area (Å²) in [7, 11) is 2.11. The molecule has 2 N–H and O–H groups in total. The largest absolute Gasteiger partial charge is 0.481 e. The van der Waals surface area contributed by atoms with Crippen LogP contribution < -0.4 is 10.2 Å². The summed E-state index contributed by atoms with van der Waals surface area (Å²) in [6, 6.07) is 8.63. The average molecular weight is 524 g/mol. The van der Waals surface area contributed by atoms with Gasteiger partial charge in [0.05, 0.1) is 25.8 Å². The maximum atomic E-state index is 14.2. The number of hydrogen-bond acceptors (Lipinski definition) is 7. The SMILES string of the molecule is CN1Cc2cc(Nc3ncc(Cl)c(N4CC(C)(CC(=O)O)c5cc(F)ccc54)n3)cc3c2C(COC3)C1. The molecule has 0 saturated heterocycles. The van der Waals surface area contributed by atoms with E-state index in [2.05, 4.69) is 34.4 Å². The van der Waals surface area contributed by atoms with Gasteiger partial charge in [0.15, 0.2) is 5.82 Å². The first kappa shape index (κ1) is 24.1. The molecule has 192 valence electrons. The van der Waals surface area contributed by atoms with Gasteiger partial charge in [0.25, 0.3) is 0 Å². The third-order valence-corrected chi connectivity index (χ3v) is 7.76. The summed E-state index contributed by atoms with van der Waals surface area (Å²) in [4.78, 5) is 24.9. The number of hydrogen-bond donors (Lipinski definition) is 2. The number of aromatic nitrogens is 2. The predicted molar refractivity (Wildman–Crippen MR) is 139 cm³/mol. The molecule has 0 amide bonds. The van der Waals surface area contributed by atoms with Crippen molar-refractivity contribution in [3.63, 3.8) is 0 Å². The van der Waals surface area contributed by atoms with E-state index in [1.54, 1.807) is 6.07 Å². The lowest BCUT2D eigenvalue weighted by Crippen LogP contribution is -2.35. The highest BCUT2D eigenvalue weighted by atomic mass is 35.5. The van der Waals surface area contributed by atoms with Gasteiger partial charge in [-0.1, -0.05) is 18.5 Å². The van der Waals surface area contributed by atoms with Gasteiger partial charge in [-0.3, -0.25) is 4.79 Å². The van der Waals surface area contributed by atoms with Gasteiger partial charge < -0.3 is 25.0 Å². The van der Waals surface area contributed by atoms with Crippen LogP contribution in [0.4, 0.5) is 27.5 Å². The number of nitrogens with zero attached hydrogens (tertiary/aromatic N) is 4. The quantitative estimate of drug-likeness (QED) is 0.485. The summed E-state index contributed by atoms with van der Waals surface area (Å²) in [6.07, 6.45) is 1.38. The van der Waals surface area contributed by atoms with E-state index < -0.39 is 17.2 Å². The third-order valence-electron chi connectivity index (χ3n) is 7.49. The van der Waals surface area contributed by atoms with E-state index in [1.807, 2.05) is 11.8 Å². The zero-order valence-corrected chi connectivity index (χ0v) is 21.3. The maximum Gasteiger partial charge on any atom is 0.304 e.